The lowest BCUT2D eigenvalue weighted by molar-refractivity contribution is -0.121. The summed E-state index contributed by atoms with van der Waals surface area (Å²) < 4.78 is 6.31. The number of hydrogen-bond acceptors (Lipinski definition) is 2. The van der Waals surface area contributed by atoms with Gasteiger partial charge in [-0.25, -0.2) is 0 Å². The number of amides is 1. The Balaban J connectivity index is 1.78. The molecule has 2 aromatic carbocycles. The molecule has 3 nitrogen and oxygen atoms in total. The molecule has 1 atom stereocenters. The first kappa shape index (κ1) is 17.5. The van der Waals surface area contributed by atoms with Crippen molar-refractivity contribution in [2.45, 2.75) is 58.1 Å². The van der Waals surface area contributed by atoms with E-state index in [2.05, 4.69) is 32.2 Å². The number of ether oxygens (including phenoxy) is 1. The van der Waals surface area contributed by atoms with Gasteiger partial charge < -0.3 is 10.1 Å². The lowest BCUT2D eigenvalue weighted by atomic mass is 9.83. The van der Waals surface area contributed by atoms with Crippen molar-refractivity contribution in [3.05, 3.63) is 65.2 Å². The molecular weight excluding hydrogens is 310 g/mol. The molecule has 3 heteroatoms. The standard InChI is InChI=1S/C22H27NO2/c1-4-22(5-2)15-19(18-8-6-7-9-20(18)25-22)23-21(24)14-17-12-10-16(3)11-13-17/h6-13,19H,4-5,14-15H2,1-3H3,(H,23,24)/t19-/m1/s1. The SMILES string of the molecule is CCC1(CC)C[C@@H](NC(=O)Cc2ccc(C)cc2)c2ccccc2O1. The molecule has 2 aromatic rings. The minimum atomic E-state index is -0.198. The first-order valence-corrected chi connectivity index (χ1v) is 9.18. The van der Waals surface area contributed by atoms with Crippen LogP contribution in [0, 0.1) is 6.92 Å². The van der Waals surface area contributed by atoms with Crippen molar-refractivity contribution >= 4 is 5.91 Å². The first-order chi connectivity index (χ1) is 12.0. The Bertz CT molecular complexity index is 732. The summed E-state index contributed by atoms with van der Waals surface area (Å²) in [5, 5.41) is 3.24. The highest BCUT2D eigenvalue weighted by molar-refractivity contribution is 5.79. The summed E-state index contributed by atoms with van der Waals surface area (Å²) >= 11 is 0. The molecule has 132 valence electrons. The van der Waals surface area contributed by atoms with Crippen molar-refractivity contribution in [3.63, 3.8) is 0 Å². The Morgan fingerprint density at radius 1 is 1.12 bits per heavy atom. The Kier molecular flexibility index (Phi) is 5.12. The molecule has 25 heavy (non-hydrogen) atoms. The van der Waals surface area contributed by atoms with E-state index < -0.39 is 0 Å². The number of para-hydroxylation sites is 1. The molecule has 0 bridgehead atoms. The maximum atomic E-state index is 12.6. The summed E-state index contributed by atoms with van der Waals surface area (Å²) in [7, 11) is 0. The summed E-state index contributed by atoms with van der Waals surface area (Å²) in [5.41, 5.74) is 3.13. The average molecular weight is 337 g/mol. The first-order valence-electron chi connectivity index (χ1n) is 9.18. The fourth-order valence-electron chi connectivity index (χ4n) is 3.57. The van der Waals surface area contributed by atoms with E-state index in [1.54, 1.807) is 0 Å². The van der Waals surface area contributed by atoms with E-state index in [0.29, 0.717) is 6.42 Å². The van der Waals surface area contributed by atoms with E-state index in [0.717, 1.165) is 36.1 Å². The maximum absolute atomic E-state index is 12.6. The lowest BCUT2D eigenvalue weighted by Gasteiger charge is -2.41. The molecule has 0 fully saturated rings. The van der Waals surface area contributed by atoms with Gasteiger partial charge in [-0.3, -0.25) is 4.79 Å². The quantitative estimate of drug-likeness (QED) is 0.856. The van der Waals surface area contributed by atoms with Gasteiger partial charge in [0.25, 0.3) is 0 Å². The number of benzene rings is 2. The van der Waals surface area contributed by atoms with E-state index in [4.69, 9.17) is 4.74 Å². The topological polar surface area (TPSA) is 38.3 Å². The van der Waals surface area contributed by atoms with Crippen LogP contribution in [0.1, 0.15) is 55.8 Å². The molecule has 1 aliphatic heterocycles. The summed E-state index contributed by atoms with van der Waals surface area (Å²) in [6.45, 7) is 6.36. The summed E-state index contributed by atoms with van der Waals surface area (Å²) in [5.74, 6) is 0.963. The largest absolute Gasteiger partial charge is 0.487 e. The van der Waals surface area contributed by atoms with E-state index >= 15 is 0 Å². The second-order valence-electron chi connectivity index (χ2n) is 7.02. The van der Waals surface area contributed by atoms with Crippen LogP contribution in [0.25, 0.3) is 0 Å². The zero-order chi connectivity index (χ0) is 17.9. The van der Waals surface area contributed by atoms with Crippen LogP contribution < -0.4 is 10.1 Å². The molecule has 0 spiro atoms. The molecule has 0 radical (unpaired) electrons. The number of nitrogens with one attached hydrogen (secondary N) is 1. The molecular formula is C22H27NO2. The highest BCUT2D eigenvalue weighted by Gasteiger charge is 2.38. The summed E-state index contributed by atoms with van der Waals surface area (Å²) in [6, 6.07) is 16.2. The predicted molar refractivity (Wildman–Crippen MR) is 101 cm³/mol. The number of fused-ring (bicyclic) bond motifs is 1. The van der Waals surface area contributed by atoms with Crippen LogP contribution in [-0.2, 0) is 11.2 Å². The van der Waals surface area contributed by atoms with Gasteiger partial charge in [0.15, 0.2) is 0 Å². The summed E-state index contributed by atoms with van der Waals surface area (Å²) in [4.78, 5) is 12.6. The molecule has 0 saturated carbocycles. The van der Waals surface area contributed by atoms with Crippen LogP contribution in [0.15, 0.2) is 48.5 Å². The van der Waals surface area contributed by atoms with Gasteiger partial charge in [0.1, 0.15) is 11.4 Å². The highest BCUT2D eigenvalue weighted by Crippen LogP contribution is 2.42. The van der Waals surface area contributed by atoms with E-state index in [9.17, 15) is 4.79 Å². The predicted octanol–water partition coefficient (Wildman–Crippen LogP) is 4.74. The molecule has 0 unspecified atom stereocenters. The monoisotopic (exact) mass is 337 g/mol. The average Bonchev–Trinajstić information content (AvgIpc) is 2.63. The van der Waals surface area contributed by atoms with Crippen LogP contribution in [0.4, 0.5) is 0 Å². The number of aryl methyl sites for hydroxylation is 1. The third kappa shape index (κ3) is 3.87. The third-order valence-corrected chi connectivity index (χ3v) is 5.31. The Hall–Kier alpha value is -2.29. The normalized spacial score (nSPS) is 18.1. The molecule has 1 heterocycles. The van der Waals surface area contributed by atoms with Gasteiger partial charge in [-0.2, -0.15) is 0 Å². The molecule has 1 aliphatic rings. The van der Waals surface area contributed by atoms with Crippen LogP contribution in [0.2, 0.25) is 0 Å². The van der Waals surface area contributed by atoms with Crippen LogP contribution in [0.3, 0.4) is 0 Å². The van der Waals surface area contributed by atoms with Crippen LogP contribution >= 0.6 is 0 Å². The molecule has 1 amide bonds. The van der Waals surface area contributed by atoms with Gasteiger partial charge in [0.2, 0.25) is 5.91 Å². The van der Waals surface area contributed by atoms with Crippen molar-refractivity contribution in [2.24, 2.45) is 0 Å². The van der Waals surface area contributed by atoms with Crippen molar-refractivity contribution in [1.29, 1.82) is 0 Å². The zero-order valence-electron chi connectivity index (χ0n) is 15.3. The fourth-order valence-corrected chi connectivity index (χ4v) is 3.57. The Morgan fingerprint density at radius 3 is 2.48 bits per heavy atom. The van der Waals surface area contributed by atoms with Crippen molar-refractivity contribution in [3.8, 4) is 5.75 Å². The van der Waals surface area contributed by atoms with Gasteiger partial charge in [0.05, 0.1) is 12.5 Å². The van der Waals surface area contributed by atoms with Crippen molar-refractivity contribution < 1.29 is 9.53 Å². The van der Waals surface area contributed by atoms with Gasteiger partial charge >= 0.3 is 0 Å². The summed E-state index contributed by atoms with van der Waals surface area (Å²) in [6.07, 6.45) is 3.09. The maximum Gasteiger partial charge on any atom is 0.224 e. The second-order valence-corrected chi connectivity index (χ2v) is 7.02. The van der Waals surface area contributed by atoms with Crippen molar-refractivity contribution in [2.75, 3.05) is 0 Å². The van der Waals surface area contributed by atoms with E-state index in [1.165, 1.54) is 5.56 Å². The Morgan fingerprint density at radius 2 is 1.80 bits per heavy atom. The van der Waals surface area contributed by atoms with Crippen molar-refractivity contribution in [1.82, 2.24) is 5.32 Å². The fraction of sp³-hybridized carbons (Fsp3) is 0.409. The number of carbonyl (C=O) groups is 1. The Labute approximate surface area is 150 Å². The lowest BCUT2D eigenvalue weighted by Crippen LogP contribution is -2.44. The second kappa shape index (κ2) is 7.30. The molecule has 0 aliphatic carbocycles. The van der Waals surface area contributed by atoms with Crippen LogP contribution in [0.5, 0.6) is 5.75 Å². The van der Waals surface area contributed by atoms with E-state index in [1.807, 2.05) is 42.5 Å². The third-order valence-electron chi connectivity index (χ3n) is 5.31. The minimum Gasteiger partial charge on any atom is -0.487 e. The number of rotatable bonds is 5. The number of carbonyl (C=O) groups excluding carboxylic acids is 1. The van der Waals surface area contributed by atoms with Gasteiger partial charge in [-0.15, -0.1) is 0 Å². The van der Waals surface area contributed by atoms with Gasteiger partial charge in [-0.05, 0) is 31.4 Å². The number of hydrogen-bond donors (Lipinski definition) is 1. The molecule has 3 rings (SSSR count). The zero-order valence-corrected chi connectivity index (χ0v) is 15.3. The highest BCUT2D eigenvalue weighted by atomic mass is 16.5. The molecule has 1 N–H and O–H groups in total. The minimum absolute atomic E-state index is 0.00259. The smallest absolute Gasteiger partial charge is 0.224 e. The van der Waals surface area contributed by atoms with Gasteiger partial charge in [-0.1, -0.05) is 61.9 Å². The molecule has 0 aromatic heterocycles. The molecule has 0 saturated heterocycles. The van der Waals surface area contributed by atoms with Gasteiger partial charge in [0, 0.05) is 12.0 Å². The van der Waals surface area contributed by atoms with E-state index in [-0.39, 0.29) is 17.6 Å². The van der Waals surface area contributed by atoms with Crippen LogP contribution in [-0.4, -0.2) is 11.5 Å².